The van der Waals surface area contributed by atoms with Crippen molar-refractivity contribution in [3.8, 4) is 29.2 Å². The van der Waals surface area contributed by atoms with Crippen LogP contribution in [0.15, 0.2) is 78.9 Å². The van der Waals surface area contributed by atoms with E-state index in [1.165, 1.54) is 0 Å². The Labute approximate surface area is 219 Å². The van der Waals surface area contributed by atoms with E-state index < -0.39 is 36.0 Å². The Balaban J connectivity index is 1.41. The number of anilines is 1. The number of carboxylic acids is 1. The van der Waals surface area contributed by atoms with Crippen LogP contribution in [-0.4, -0.2) is 54.5 Å². The fraction of sp³-hybridized carbons (Fsp3) is 0.207. The number of benzene rings is 3. The zero-order chi connectivity index (χ0) is 26.9. The lowest BCUT2D eigenvalue weighted by molar-refractivity contribution is -0.144. The Hall–Kier alpha value is -4.65. The lowest BCUT2D eigenvalue weighted by atomic mass is 10.0. The van der Waals surface area contributed by atoms with Crippen molar-refractivity contribution in [3.63, 3.8) is 0 Å². The molecule has 3 aromatic rings. The molecule has 1 saturated heterocycles. The van der Waals surface area contributed by atoms with E-state index in [4.69, 9.17) is 20.6 Å². The first kappa shape index (κ1) is 26.4. The van der Waals surface area contributed by atoms with Crippen LogP contribution in [0.4, 0.5) is 5.69 Å². The minimum absolute atomic E-state index is 0.00534. The number of carbonyl (C=O) groups excluding carboxylic acids is 2. The SMILES string of the molecule is C#CCOc1ccc(CC(NC(=O)C2OCOC2C(=O)Nc2ccccc2-c2ccccc2)C(=O)O)cc1. The third-order valence-corrected chi connectivity index (χ3v) is 5.86. The lowest BCUT2D eigenvalue weighted by Crippen LogP contribution is -2.51. The van der Waals surface area contributed by atoms with Gasteiger partial charge < -0.3 is 30.0 Å². The molecule has 3 atom stereocenters. The maximum absolute atomic E-state index is 13.1. The van der Waals surface area contributed by atoms with Gasteiger partial charge in [-0.15, -0.1) is 6.42 Å². The molecule has 1 fully saturated rings. The normalized spacial score (nSPS) is 17.1. The van der Waals surface area contributed by atoms with Crippen LogP contribution in [0.25, 0.3) is 11.1 Å². The Morgan fingerprint density at radius 2 is 1.61 bits per heavy atom. The fourth-order valence-corrected chi connectivity index (χ4v) is 3.99. The summed E-state index contributed by atoms with van der Waals surface area (Å²) in [6.45, 7) is -0.170. The van der Waals surface area contributed by atoms with Crippen LogP contribution in [0.1, 0.15) is 5.56 Å². The van der Waals surface area contributed by atoms with Gasteiger partial charge in [0.15, 0.2) is 12.2 Å². The summed E-state index contributed by atoms with van der Waals surface area (Å²) in [7, 11) is 0. The highest BCUT2D eigenvalue weighted by Gasteiger charge is 2.41. The fourth-order valence-electron chi connectivity index (χ4n) is 3.99. The standard InChI is InChI=1S/C29H26N2O7/c1-2-16-36-21-14-12-19(13-15-21)17-24(29(34)35)31-28(33)26-25(37-18-38-26)27(32)30-23-11-7-6-10-22(23)20-8-4-3-5-9-20/h1,3-15,24-26H,16-18H2,(H,30,32)(H,31,33)(H,34,35). The Morgan fingerprint density at radius 3 is 2.29 bits per heavy atom. The van der Waals surface area contributed by atoms with Gasteiger partial charge in [0.25, 0.3) is 11.8 Å². The van der Waals surface area contributed by atoms with Gasteiger partial charge in [0.2, 0.25) is 0 Å². The topological polar surface area (TPSA) is 123 Å². The first-order valence-corrected chi connectivity index (χ1v) is 11.8. The zero-order valence-corrected chi connectivity index (χ0v) is 20.3. The largest absolute Gasteiger partial charge is 0.481 e. The van der Waals surface area contributed by atoms with Crippen molar-refractivity contribution in [1.29, 1.82) is 0 Å². The smallest absolute Gasteiger partial charge is 0.326 e. The second-order valence-electron chi connectivity index (χ2n) is 8.43. The molecule has 1 aliphatic heterocycles. The summed E-state index contributed by atoms with van der Waals surface area (Å²) in [5.74, 6) is 0.327. The van der Waals surface area contributed by atoms with Gasteiger partial charge >= 0.3 is 5.97 Å². The summed E-state index contributed by atoms with van der Waals surface area (Å²) in [5.41, 5.74) is 2.89. The maximum atomic E-state index is 13.1. The molecule has 38 heavy (non-hydrogen) atoms. The molecule has 0 aromatic heterocycles. The number of para-hydroxylation sites is 1. The van der Waals surface area contributed by atoms with Crippen LogP contribution in [-0.2, 0) is 30.3 Å². The molecule has 0 aliphatic carbocycles. The molecule has 3 N–H and O–H groups in total. The van der Waals surface area contributed by atoms with E-state index >= 15 is 0 Å². The number of carbonyl (C=O) groups is 3. The van der Waals surface area contributed by atoms with Crippen molar-refractivity contribution in [2.75, 3.05) is 18.7 Å². The molecule has 0 saturated carbocycles. The van der Waals surface area contributed by atoms with Gasteiger partial charge in [-0.25, -0.2) is 4.79 Å². The van der Waals surface area contributed by atoms with Crippen LogP contribution in [0.2, 0.25) is 0 Å². The van der Waals surface area contributed by atoms with Gasteiger partial charge in [0.1, 0.15) is 25.2 Å². The number of hydrogen-bond acceptors (Lipinski definition) is 6. The first-order chi connectivity index (χ1) is 18.5. The Morgan fingerprint density at radius 1 is 0.947 bits per heavy atom. The molecule has 0 bridgehead atoms. The molecule has 0 spiro atoms. The number of amides is 2. The molecule has 0 radical (unpaired) electrons. The molecule has 1 aliphatic rings. The molecule has 3 unspecified atom stereocenters. The van der Waals surface area contributed by atoms with E-state index in [-0.39, 0.29) is 19.8 Å². The summed E-state index contributed by atoms with van der Waals surface area (Å²) in [6.07, 6.45) is 2.60. The van der Waals surface area contributed by atoms with Gasteiger partial charge in [0.05, 0.1) is 0 Å². The summed E-state index contributed by atoms with van der Waals surface area (Å²) >= 11 is 0. The molecule has 3 aromatic carbocycles. The number of nitrogens with one attached hydrogen (secondary N) is 2. The molecule has 9 heteroatoms. The zero-order valence-electron chi connectivity index (χ0n) is 20.3. The van der Waals surface area contributed by atoms with Crippen molar-refractivity contribution < 1.29 is 33.7 Å². The molecule has 2 amide bonds. The van der Waals surface area contributed by atoms with E-state index in [1.54, 1.807) is 36.4 Å². The lowest BCUT2D eigenvalue weighted by Gasteiger charge is -2.20. The number of terminal acetylenes is 1. The number of hydrogen-bond donors (Lipinski definition) is 3. The van der Waals surface area contributed by atoms with Crippen LogP contribution in [0.5, 0.6) is 5.75 Å². The van der Waals surface area contributed by atoms with Crippen LogP contribution in [0.3, 0.4) is 0 Å². The molecule has 9 nitrogen and oxygen atoms in total. The van der Waals surface area contributed by atoms with Crippen LogP contribution < -0.4 is 15.4 Å². The number of carboxylic acid groups (broad SMARTS) is 1. The quantitative estimate of drug-likeness (QED) is 0.356. The Kier molecular flexibility index (Phi) is 8.72. The van der Waals surface area contributed by atoms with Crippen molar-refractivity contribution in [2.45, 2.75) is 24.7 Å². The molecular weight excluding hydrogens is 488 g/mol. The summed E-state index contributed by atoms with van der Waals surface area (Å²) < 4.78 is 16.1. The number of aliphatic carboxylic acids is 1. The van der Waals surface area contributed by atoms with Gasteiger partial charge in [-0.2, -0.15) is 0 Å². The van der Waals surface area contributed by atoms with E-state index in [0.717, 1.165) is 11.1 Å². The molecular formula is C29H26N2O7. The summed E-state index contributed by atoms with van der Waals surface area (Å²) in [4.78, 5) is 38.0. The predicted molar refractivity (Wildman–Crippen MR) is 139 cm³/mol. The molecule has 194 valence electrons. The average molecular weight is 515 g/mol. The minimum atomic E-state index is -1.32. The monoisotopic (exact) mass is 514 g/mol. The highest BCUT2D eigenvalue weighted by atomic mass is 16.7. The van der Waals surface area contributed by atoms with Crippen molar-refractivity contribution in [2.24, 2.45) is 0 Å². The van der Waals surface area contributed by atoms with Crippen LogP contribution >= 0.6 is 0 Å². The van der Waals surface area contributed by atoms with Crippen molar-refractivity contribution >= 4 is 23.5 Å². The highest BCUT2D eigenvalue weighted by molar-refractivity contribution is 6.01. The number of ether oxygens (including phenoxy) is 3. The van der Waals surface area contributed by atoms with E-state index in [2.05, 4.69) is 16.6 Å². The second kappa shape index (κ2) is 12.5. The van der Waals surface area contributed by atoms with Gasteiger partial charge in [-0.1, -0.05) is 66.6 Å². The summed E-state index contributed by atoms with van der Waals surface area (Å²) in [6, 6.07) is 22.2. The molecule has 1 heterocycles. The maximum Gasteiger partial charge on any atom is 0.326 e. The third kappa shape index (κ3) is 6.56. The predicted octanol–water partition coefficient (Wildman–Crippen LogP) is 2.86. The third-order valence-electron chi connectivity index (χ3n) is 5.86. The number of rotatable bonds is 10. The van der Waals surface area contributed by atoms with Crippen molar-refractivity contribution in [3.05, 3.63) is 84.4 Å². The van der Waals surface area contributed by atoms with Gasteiger partial charge in [0, 0.05) is 17.7 Å². The summed E-state index contributed by atoms with van der Waals surface area (Å²) in [5, 5.41) is 15.0. The van der Waals surface area contributed by atoms with E-state index in [1.807, 2.05) is 42.5 Å². The van der Waals surface area contributed by atoms with Crippen LogP contribution in [0, 0.1) is 12.3 Å². The first-order valence-electron chi connectivity index (χ1n) is 11.8. The molecule has 4 rings (SSSR count). The minimum Gasteiger partial charge on any atom is -0.481 e. The highest BCUT2D eigenvalue weighted by Crippen LogP contribution is 2.28. The average Bonchev–Trinajstić information content (AvgIpc) is 3.43. The van der Waals surface area contributed by atoms with E-state index in [0.29, 0.717) is 17.0 Å². The van der Waals surface area contributed by atoms with Gasteiger partial charge in [-0.05, 0) is 29.3 Å². The van der Waals surface area contributed by atoms with Crippen molar-refractivity contribution in [1.82, 2.24) is 5.32 Å². The van der Waals surface area contributed by atoms with Gasteiger partial charge in [-0.3, -0.25) is 9.59 Å². The second-order valence-corrected chi connectivity index (χ2v) is 8.43. The van der Waals surface area contributed by atoms with E-state index in [9.17, 15) is 19.5 Å². The Bertz CT molecular complexity index is 1320.